The zero-order valence-corrected chi connectivity index (χ0v) is 19.3. The maximum Gasteiger partial charge on any atom is 0.281 e. The van der Waals surface area contributed by atoms with Gasteiger partial charge in [0.05, 0.1) is 0 Å². The van der Waals surface area contributed by atoms with Crippen molar-refractivity contribution in [2.75, 3.05) is 31.5 Å². The minimum atomic E-state index is -3.30. The second-order valence-corrected chi connectivity index (χ2v) is 11.4. The van der Waals surface area contributed by atoms with Gasteiger partial charge in [-0.05, 0) is 51.9 Å². The van der Waals surface area contributed by atoms with E-state index in [9.17, 15) is 8.42 Å². The first-order valence-corrected chi connectivity index (χ1v) is 12.9. The Balaban J connectivity index is 1.35. The summed E-state index contributed by atoms with van der Waals surface area (Å²) >= 11 is 1.60. The number of aromatic nitrogens is 3. The van der Waals surface area contributed by atoms with Crippen LogP contribution in [0.15, 0.2) is 12.3 Å². The number of nitrogens with one attached hydrogen (secondary N) is 1. The van der Waals surface area contributed by atoms with Gasteiger partial charge in [-0.25, -0.2) is 15.0 Å². The molecule has 1 N–H and O–H groups in total. The van der Waals surface area contributed by atoms with Gasteiger partial charge in [0.2, 0.25) is 0 Å². The van der Waals surface area contributed by atoms with Crippen molar-refractivity contribution in [3.63, 3.8) is 0 Å². The van der Waals surface area contributed by atoms with Gasteiger partial charge in [-0.2, -0.15) is 17.0 Å². The van der Waals surface area contributed by atoms with Crippen LogP contribution in [0.2, 0.25) is 0 Å². The third kappa shape index (κ3) is 5.16. The highest BCUT2D eigenvalue weighted by Crippen LogP contribution is 2.27. The summed E-state index contributed by atoms with van der Waals surface area (Å²) in [5.41, 5.74) is 0.996. The number of nitrogens with zero attached hydrogens (tertiary/aromatic N) is 5. The first-order valence-electron chi connectivity index (χ1n) is 10.7. The van der Waals surface area contributed by atoms with Crippen molar-refractivity contribution in [3.05, 3.63) is 28.7 Å². The number of thiazole rings is 1. The van der Waals surface area contributed by atoms with Crippen LogP contribution in [0.25, 0.3) is 0 Å². The van der Waals surface area contributed by atoms with Crippen LogP contribution in [0.4, 0.5) is 10.9 Å². The first-order chi connectivity index (χ1) is 14.4. The number of aryl methyl sites for hydroxylation is 2. The molecule has 0 radical (unpaired) electrons. The van der Waals surface area contributed by atoms with E-state index in [1.807, 2.05) is 26.1 Å². The number of rotatable bonds is 6. The zero-order valence-electron chi connectivity index (χ0n) is 17.7. The normalized spacial score (nSPS) is 19.8. The Hall–Kier alpha value is -1.62. The maximum absolute atomic E-state index is 12.9. The molecular formula is C20H30N6O2S2. The molecule has 2 aromatic heterocycles. The Morgan fingerprint density at radius 3 is 2.43 bits per heavy atom. The lowest BCUT2D eigenvalue weighted by atomic mass is 9.93. The van der Waals surface area contributed by atoms with Gasteiger partial charge in [0.15, 0.2) is 5.13 Å². The molecule has 0 saturated carbocycles. The van der Waals surface area contributed by atoms with Crippen molar-refractivity contribution in [2.45, 2.75) is 52.4 Å². The Kier molecular flexibility index (Phi) is 6.66. The molecule has 0 spiro atoms. The summed E-state index contributed by atoms with van der Waals surface area (Å²) < 4.78 is 29.1. The van der Waals surface area contributed by atoms with Crippen molar-refractivity contribution < 1.29 is 8.42 Å². The summed E-state index contributed by atoms with van der Waals surface area (Å²) in [5, 5.41) is 4.10. The molecule has 0 unspecified atom stereocenters. The molecule has 30 heavy (non-hydrogen) atoms. The third-order valence-electron chi connectivity index (χ3n) is 5.79. The number of hydrogen-bond donors (Lipinski definition) is 1. The fraction of sp³-hybridized carbons (Fsp3) is 0.650. The van der Waals surface area contributed by atoms with E-state index >= 15 is 0 Å². The van der Waals surface area contributed by atoms with Gasteiger partial charge >= 0.3 is 0 Å². The van der Waals surface area contributed by atoms with Gasteiger partial charge in [0.25, 0.3) is 10.2 Å². The zero-order chi connectivity index (χ0) is 21.1. The molecular weight excluding hydrogens is 420 g/mol. The largest absolute Gasteiger partial charge is 0.316 e. The Morgan fingerprint density at radius 2 is 1.77 bits per heavy atom. The number of anilines is 2. The fourth-order valence-corrected chi connectivity index (χ4v) is 6.61. The van der Waals surface area contributed by atoms with Crippen LogP contribution >= 0.6 is 11.3 Å². The van der Waals surface area contributed by atoms with E-state index in [-0.39, 0.29) is 0 Å². The second kappa shape index (κ2) is 9.25. The van der Waals surface area contributed by atoms with Crippen LogP contribution in [0.3, 0.4) is 0 Å². The summed E-state index contributed by atoms with van der Waals surface area (Å²) in [6.07, 6.45) is 7.49. The highest BCUT2D eigenvalue weighted by Gasteiger charge is 2.33. The van der Waals surface area contributed by atoms with Crippen LogP contribution < -0.4 is 5.32 Å². The van der Waals surface area contributed by atoms with Gasteiger partial charge in [0.1, 0.15) is 11.6 Å². The predicted octanol–water partition coefficient (Wildman–Crippen LogP) is 3.28. The molecule has 0 amide bonds. The molecule has 0 atom stereocenters. The average molecular weight is 451 g/mol. The third-order valence-corrected chi connectivity index (χ3v) is 8.65. The summed E-state index contributed by atoms with van der Waals surface area (Å²) in [6.45, 7) is 6.44. The molecule has 10 heteroatoms. The lowest BCUT2D eigenvalue weighted by Gasteiger charge is -2.36. The summed E-state index contributed by atoms with van der Waals surface area (Å²) in [5.74, 6) is 1.92. The number of hydrogen-bond acceptors (Lipinski definition) is 7. The minimum Gasteiger partial charge on any atom is -0.316 e. The molecule has 2 aliphatic rings. The quantitative estimate of drug-likeness (QED) is 0.726. The van der Waals surface area contributed by atoms with Crippen LogP contribution in [-0.2, 0) is 16.6 Å². The van der Waals surface area contributed by atoms with E-state index in [1.54, 1.807) is 19.9 Å². The van der Waals surface area contributed by atoms with Crippen LogP contribution in [0.5, 0.6) is 0 Å². The molecule has 0 aliphatic carbocycles. The Bertz CT molecular complexity index is 963. The topological polar surface area (TPSA) is 91.3 Å². The Morgan fingerprint density at radius 1 is 1.07 bits per heavy atom. The van der Waals surface area contributed by atoms with Crippen molar-refractivity contribution in [3.8, 4) is 0 Å². The van der Waals surface area contributed by atoms with E-state index in [0.29, 0.717) is 32.1 Å². The van der Waals surface area contributed by atoms with Gasteiger partial charge in [-0.1, -0.05) is 6.42 Å². The fourth-order valence-electron chi connectivity index (χ4n) is 4.22. The Labute approximate surface area is 182 Å². The molecule has 2 fully saturated rings. The van der Waals surface area contributed by atoms with E-state index in [0.717, 1.165) is 65.9 Å². The average Bonchev–Trinajstić information content (AvgIpc) is 3.13. The second-order valence-electron chi connectivity index (χ2n) is 8.21. The predicted molar refractivity (Wildman–Crippen MR) is 119 cm³/mol. The molecule has 2 aromatic rings. The van der Waals surface area contributed by atoms with E-state index in [1.165, 1.54) is 0 Å². The van der Waals surface area contributed by atoms with Crippen LogP contribution in [0.1, 0.15) is 48.5 Å². The van der Waals surface area contributed by atoms with E-state index < -0.39 is 10.2 Å². The van der Waals surface area contributed by atoms with Crippen molar-refractivity contribution >= 4 is 32.5 Å². The lowest BCUT2D eigenvalue weighted by molar-refractivity contribution is 0.243. The highest BCUT2D eigenvalue weighted by molar-refractivity contribution is 7.86. The first kappa shape index (κ1) is 21.6. The minimum absolute atomic E-state index is 0.432. The molecule has 8 nitrogen and oxygen atoms in total. The number of piperidine rings is 2. The molecule has 164 valence electrons. The van der Waals surface area contributed by atoms with Crippen LogP contribution in [0, 0.1) is 19.8 Å². The monoisotopic (exact) mass is 450 g/mol. The van der Waals surface area contributed by atoms with Crippen molar-refractivity contribution in [2.24, 2.45) is 5.92 Å². The van der Waals surface area contributed by atoms with E-state index in [4.69, 9.17) is 0 Å². The molecule has 4 rings (SSSR count). The van der Waals surface area contributed by atoms with Crippen LogP contribution in [-0.4, -0.2) is 58.2 Å². The van der Waals surface area contributed by atoms with Gasteiger partial charge in [0, 0.05) is 49.0 Å². The molecule has 0 aromatic carbocycles. The lowest BCUT2D eigenvalue weighted by Crippen LogP contribution is -2.48. The maximum atomic E-state index is 12.9. The van der Waals surface area contributed by atoms with Gasteiger partial charge in [-0.3, -0.25) is 0 Å². The highest BCUT2D eigenvalue weighted by atomic mass is 32.2. The summed E-state index contributed by atoms with van der Waals surface area (Å²) in [6, 6.07) is 1.99. The van der Waals surface area contributed by atoms with Crippen molar-refractivity contribution in [1.82, 2.24) is 23.6 Å². The van der Waals surface area contributed by atoms with Gasteiger partial charge in [-0.15, -0.1) is 11.3 Å². The molecule has 0 bridgehead atoms. The molecule has 4 heterocycles. The summed E-state index contributed by atoms with van der Waals surface area (Å²) in [7, 11) is -3.30. The smallest absolute Gasteiger partial charge is 0.281 e. The van der Waals surface area contributed by atoms with E-state index in [2.05, 4.69) is 20.3 Å². The van der Waals surface area contributed by atoms with Gasteiger partial charge < -0.3 is 5.32 Å². The standard InChI is InChI=1S/C20H30N6O2S2/c1-15-14-21-20(29-15)24-19-13-18(22-16(2)23-19)12-17-6-10-26(11-7-17)30(27,28)25-8-4-3-5-9-25/h13-14,17H,3-12H2,1-2H3,(H,21,22,23,24). The molecule has 2 saturated heterocycles. The summed E-state index contributed by atoms with van der Waals surface area (Å²) in [4.78, 5) is 14.6. The SMILES string of the molecule is Cc1nc(CC2CCN(S(=O)(=O)N3CCCCC3)CC2)cc(Nc2ncc(C)s2)n1. The molecule has 2 aliphatic heterocycles. The van der Waals surface area contributed by atoms with Crippen molar-refractivity contribution in [1.29, 1.82) is 0 Å².